The van der Waals surface area contributed by atoms with Crippen molar-refractivity contribution in [2.45, 2.75) is 51.4 Å². The van der Waals surface area contributed by atoms with Crippen LogP contribution in [0, 0.1) is 0 Å². The lowest BCUT2D eigenvalue weighted by molar-refractivity contribution is 0.332. The first-order valence-electron chi connectivity index (χ1n) is 22.8. The molecule has 0 fully saturated rings. The maximum Gasteiger partial charge on any atom is 0.240 e. The van der Waals surface area contributed by atoms with Crippen molar-refractivity contribution in [2.75, 3.05) is 0 Å². The monoisotopic (exact) mass is 855 g/mol. The first-order chi connectivity index (χ1) is 31.7. The zero-order chi connectivity index (χ0) is 43.9. The summed E-state index contributed by atoms with van der Waals surface area (Å²) in [4.78, 5) is 16.6. The van der Waals surface area contributed by atoms with Crippen LogP contribution in [0.4, 0.5) is 0 Å². The minimum absolute atomic E-state index is 0.0196. The van der Waals surface area contributed by atoms with E-state index in [0.29, 0.717) is 17.7 Å². The molecule has 0 radical (unpaired) electrons. The summed E-state index contributed by atoms with van der Waals surface area (Å²) in [7, 11) is -2.86. The molecule has 0 amide bonds. The van der Waals surface area contributed by atoms with Gasteiger partial charge in [-0.3, -0.25) is 9.13 Å². The van der Waals surface area contributed by atoms with Crippen molar-refractivity contribution in [1.82, 2.24) is 24.1 Å². The topological polar surface area (TPSA) is 48.5 Å². The van der Waals surface area contributed by atoms with Gasteiger partial charge in [0.15, 0.2) is 13.9 Å². The molecule has 0 saturated heterocycles. The molecule has 65 heavy (non-hydrogen) atoms. The summed E-state index contributed by atoms with van der Waals surface area (Å²) in [5.74, 6) is 1.79. The van der Waals surface area contributed by atoms with Crippen molar-refractivity contribution in [3.8, 4) is 23.3 Å². The van der Waals surface area contributed by atoms with Crippen molar-refractivity contribution in [3.05, 3.63) is 211 Å². The van der Waals surface area contributed by atoms with Crippen LogP contribution in [-0.4, -0.2) is 32.2 Å². The van der Waals surface area contributed by atoms with Gasteiger partial charge in [0, 0.05) is 27.1 Å². The van der Waals surface area contributed by atoms with Crippen LogP contribution in [0.1, 0.15) is 51.7 Å². The van der Waals surface area contributed by atoms with Crippen LogP contribution in [-0.2, 0) is 10.8 Å². The van der Waals surface area contributed by atoms with Crippen LogP contribution in [0.15, 0.2) is 200 Å². The fourth-order valence-corrected chi connectivity index (χ4v) is 15.8. The van der Waals surface area contributed by atoms with E-state index in [-0.39, 0.29) is 10.8 Å². The number of hydrogen-bond donors (Lipinski definition) is 0. The summed E-state index contributed by atoms with van der Waals surface area (Å²) in [5.41, 5.74) is 8.14. The van der Waals surface area contributed by atoms with E-state index < -0.39 is 8.07 Å². The van der Waals surface area contributed by atoms with Gasteiger partial charge < -0.3 is 0 Å². The van der Waals surface area contributed by atoms with Gasteiger partial charge >= 0.3 is 0 Å². The molecule has 12 rings (SSSR count). The fourth-order valence-electron chi connectivity index (χ4n) is 11.0. The highest BCUT2D eigenvalue weighted by Gasteiger charge is 2.42. The lowest BCUT2D eigenvalue weighted by Crippen LogP contribution is -2.74. The lowest BCUT2D eigenvalue weighted by atomic mass is 9.63. The highest BCUT2D eigenvalue weighted by atomic mass is 28.3. The van der Waals surface area contributed by atoms with Gasteiger partial charge in [-0.1, -0.05) is 198 Å². The molecule has 5 nitrogen and oxygen atoms in total. The molecule has 11 aromatic rings. The molecule has 0 bridgehead atoms. The van der Waals surface area contributed by atoms with Gasteiger partial charge in [-0.25, -0.2) is 0 Å². The molecule has 0 spiro atoms. The summed E-state index contributed by atoms with van der Waals surface area (Å²) in [5, 5.41) is 9.93. The van der Waals surface area contributed by atoms with E-state index in [1.807, 2.05) is 0 Å². The molecule has 1 aliphatic rings. The van der Waals surface area contributed by atoms with E-state index in [1.165, 1.54) is 42.6 Å². The van der Waals surface area contributed by atoms with Crippen LogP contribution >= 0.6 is 0 Å². The van der Waals surface area contributed by atoms with Crippen molar-refractivity contribution in [2.24, 2.45) is 0 Å². The molecule has 0 N–H and O–H groups in total. The van der Waals surface area contributed by atoms with Crippen molar-refractivity contribution >= 4 is 72.4 Å². The second-order valence-electron chi connectivity index (χ2n) is 19.1. The quantitative estimate of drug-likeness (QED) is 0.119. The van der Waals surface area contributed by atoms with Crippen LogP contribution < -0.4 is 20.7 Å². The maximum atomic E-state index is 5.58. The van der Waals surface area contributed by atoms with E-state index in [4.69, 9.17) is 15.0 Å². The molecule has 3 heterocycles. The van der Waals surface area contributed by atoms with Crippen molar-refractivity contribution in [1.29, 1.82) is 0 Å². The summed E-state index contributed by atoms with van der Waals surface area (Å²) in [6.45, 7) is 9.61. The Morgan fingerprint density at radius 2 is 0.769 bits per heavy atom. The highest BCUT2D eigenvalue weighted by molar-refractivity contribution is 7.19. The number of hydrogen-bond acceptors (Lipinski definition) is 3. The molecule has 0 aliphatic heterocycles. The molecule has 1 aliphatic carbocycles. The van der Waals surface area contributed by atoms with Gasteiger partial charge in [0.2, 0.25) is 11.9 Å². The van der Waals surface area contributed by atoms with Crippen molar-refractivity contribution < 1.29 is 0 Å². The predicted molar refractivity (Wildman–Crippen MR) is 273 cm³/mol. The third-order valence-electron chi connectivity index (χ3n) is 14.4. The molecule has 314 valence electrons. The van der Waals surface area contributed by atoms with Crippen LogP contribution in [0.5, 0.6) is 0 Å². The Morgan fingerprint density at radius 3 is 1.26 bits per heavy atom. The minimum Gasteiger partial charge on any atom is -0.278 e. The molecule has 0 saturated carbocycles. The van der Waals surface area contributed by atoms with Gasteiger partial charge in [0.25, 0.3) is 0 Å². The molecule has 6 heteroatoms. The third kappa shape index (κ3) is 6.08. The second-order valence-corrected chi connectivity index (χ2v) is 22.9. The first-order valence-corrected chi connectivity index (χ1v) is 24.8. The molecular formula is C59H49N5Si. The fraction of sp³-hybridized carbons (Fsp3) is 0.136. The Kier molecular flexibility index (Phi) is 8.94. The van der Waals surface area contributed by atoms with E-state index >= 15 is 0 Å². The first kappa shape index (κ1) is 39.2. The Bertz CT molecular complexity index is 3460. The number of fused-ring (bicyclic) bond motifs is 7. The van der Waals surface area contributed by atoms with Gasteiger partial charge in [-0.2, -0.15) is 15.0 Å². The SMILES string of the molecule is CC1(C)CCC(C)(C)c2cc3c(cc21)c1ccccc1n3-c1nc(-c2cccc([Si](c3ccccc3)(c3ccccc3)c3ccccc3)c2)nc(-n2c3ccccc3c3ccccc32)n1. The minimum atomic E-state index is -2.86. The lowest BCUT2D eigenvalue weighted by Gasteiger charge is -2.42. The number of rotatable bonds is 7. The summed E-state index contributed by atoms with van der Waals surface area (Å²) >= 11 is 0. The second kappa shape index (κ2) is 14.8. The Labute approximate surface area is 380 Å². The average molecular weight is 856 g/mol. The van der Waals surface area contributed by atoms with Crippen LogP contribution in [0.25, 0.3) is 66.9 Å². The molecular weight excluding hydrogens is 807 g/mol. The summed E-state index contributed by atoms with van der Waals surface area (Å²) in [6.07, 6.45) is 2.28. The standard InChI is InChI=1S/C59H49N5Si/c1-58(2)35-36-59(3,4)50-39-54-48(38-49(50)58)47-31-16-19-34-53(47)64(54)57-61-55(60-56(62-57)63-51-32-17-14-29-45(51)46-30-15-18-33-52(46)63)40-21-20-28-44(37-40)65(41-22-8-5-9-23-41,42-24-10-6-11-25-42)43-26-12-7-13-27-43/h5-34,37-39H,35-36H2,1-4H3. The smallest absolute Gasteiger partial charge is 0.240 e. The number of aromatic nitrogens is 5. The zero-order valence-electron chi connectivity index (χ0n) is 37.2. The number of benzene rings is 8. The maximum absolute atomic E-state index is 5.58. The Morgan fingerprint density at radius 1 is 0.369 bits per heavy atom. The van der Waals surface area contributed by atoms with E-state index in [1.54, 1.807) is 0 Å². The van der Waals surface area contributed by atoms with Crippen molar-refractivity contribution in [3.63, 3.8) is 0 Å². The normalized spacial score (nSPS) is 14.6. The van der Waals surface area contributed by atoms with E-state index in [9.17, 15) is 0 Å². The molecule has 0 unspecified atom stereocenters. The van der Waals surface area contributed by atoms with Gasteiger partial charge in [-0.05, 0) is 85.9 Å². The van der Waals surface area contributed by atoms with E-state index in [0.717, 1.165) is 51.2 Å². The average Bonchev–Trinajstić information content (AvgIpc) is 3.87. The van der Waals surface area contributed by atoms with E-state index in [2.05, 4.69) is 237 Å². The summed E-state index contributed by atoms with van der Waals surface area (Å²) < 4.78 is 4.52. The van der Waals surface area contributed by atoms with Gasteiger partial charge in [0.1, 0.15) is 0 Å². The Hall–Kier alpha value is -7.41. The van der Waals surface area contributed by atoms with Gasteiger partial charge in [0.05, 0.1) is 22.1 Å². The molecule has 0 atom stereocenters. The number of para-hydroxylation sites is 3. The largest absolute Gasteiger partial charge is 0.278 e. The molecule has 3 aromatic heterocycles. The predicted octanol–water partition coefficient (Wildman–Crippen LogP) is 11.5. The Balaban J connectivity index is 1.17. The highest BCUT2D eigenvalue weighted by Crippen LogP contribution is 2.48. The van der Waals surface area contributed by atoms with Gasteiger partial charge in [-0.15, -0.1) is 0 Å². The van der Waals surface area contributed by atoms with Crippen LogP contribution in [0.3, 0.4) is 0 Å². The molecule has 8 aromatic carbocycles. The zero-order valence-corrected chi connectivity index (χ0v) is 38.2. The third-order valence-corrected chi connectivity index (χ3v) is 19.2. The summed E-state index contributed by atoms with van der Waals surface area (Å²) in [6, 6.07) is 73.1. The van der Waals surface area contributed by atoms with Crippen LogP contribution in [0.2, 0.25) is 0 Å². The number of nitrogens with zero attached hydrogens (tertiary/aromatic N) is 5.